The molecule has 7 nitrogen and oxygen atoms in total. The Morgan fingerprint density at radius 3 is 2.56 bits per heavy atom. The Labute approximate surface area is 159 Å². The number of carbonyl (C=O) groups is 1. The van der Waals surface area contributed by atoms with Gasteiger partial charge in [-0.25, -0.2) is 4.68 Å². The highest BCUT2D eigenvalue weighted by atomic mass is 16.5. The Balaban J connectivity index is 1.77. The van der Waals surface area contributed by atoms with Gasteiger partial charge in [-0.2, -0.15) is 0 Å². The molecule has 2 aromatic rings. The van der Waals surface area contributed by atoms with Crippen LogP contribution in [0.1, 0.15) is 17.7 Å². The van der Waals surface area contributed by atoms with Gasteiger partial charge in [0.25, 0.3) is 5.56 Å². The first kappa shape index (κ1) is 19.4. The van der Waals surface area contributed by atoms with Gasteiger partial charge in [0.1, 0.15) is 6.61 Å². The normalized spacial score (nSPS) is 15.7. The van der Waals surface area contributed by atoms with E-state index >= 15 is 0 Å². The van der Waals surface area contributed by atoms with Crippen molar-refractivity contribution in [3.8, 4) is 5.69 Å². The number of ether oxygens (including phenoxy) is 1. The summed E-state index contributed by atoms with van der Waals surface area (Å²) in [6.07, 6.45) is 0.897. The van der Waals surface area contributed by atoms with Crippen molar-refractivity contribution in [3.05, 3.63) is 51.9 Å². The van der Waals surface area contributed by atoms with Crippen molar-refractivity contribution in [2.75, 3.05) is 39.9 Å². The number of aromatic nitrogens is 2. The van der Waals surface area contributed by atoms with E-state index in [-0.39, 0.29) is 18.1 Å². The molecule has 0 bridgehead atoms. The van der Waals surface area contributed by atoms with E-state index in [1.165, 1.54) is 7.11 Å². The fourth-order valence-corrected chi connectivity index (χ4v) is 3.62. The molecular weight excluding hydrogens is 344 g/mol. The Morgan fingerprint density at radius 2 is 1.85 bits per heavy atom. The van der Waals surface area contributed by atoms with Crippen LogP contribution in [0.3, 0.4) is 0 Å². The molecule has 0 radical (unpaired) electrons. The topological polar surface area (TPSA) is 59.7 Å². The molecule has 2 heterocycles. The summed E-state index contributed by atoms with van der Waals surface area (Å²) in [6.45, 7) is 5.75. The molecule has 1 amide bonds. The molecule has 1 aliphatic heterocycles. The van der Waals surface area contributed by atoms with Crippen LogP contribution >= 0.6 is 0 Å². The molecule has 0 atom stereocenters. The van der Waals surface area contributed by atoms with E-state index in [0.29, 0.717) is 13.1 Å². The smallest absolute Gasteiger partial charge is 0.276 e. The summed E-state index contributed by atoms with van der Waals surface area (Å²) in [6, 6.07) is 9.69. The van der Waals surface area contributed by atoms with E-state index in [9.17, 15) is 9.59 Å². The van der Waals surface area contributed by atoms with Crippen LogP contribution in [0.2, 0.25) is 0 Å². The molecule has 0 spiro atoms. The molecule has 0 saturated carbocycles. The Kier molecular flexibility index (Phi) is 6.13. The van der Waals surface area contributed by atoms with Gasteiger partial charge < -0.3 is 9.64 Å². The minimum Gasteiger partial charge on any atom is -0.375 e. The second kappa shape index (κ2) is 8.54. The SMILES string of the molecule is COCC(=O)N1CCCN(Cc2c(C)n(C)n(-c3ccccc3)c2=O)CC1. The molecule has 0 unspecified atom stereocenters. The summed E-state index contributed by atoms with van der Waals surface area (Å²) in [7, 11) is 3.46. The monoisotopic (exact) mass is 372 g/mol. The lowest BCUT2D eigenvalue weighted by molar-refractivity contribution is -0.135. The zero-order valence-corrected chi connectivity index (χ0v) is 16.4. The van der Waals surface area contributed by atoms with E-state index < -0.39 is 0 Å². The number of benzene rings is 1. The number of rotatable bonds is 5. The molecule has 27 heavy (non-hydrogen) atoms. The number of nitrogens with zero attached hydrogens (tertiary/aromatic N) is 4. The Bertz CT molecular complexity index is 841. The van der Waals surface area contributed by atoms with Gasteiger partial charge in [-0.3, -0.25) is 19.2 Å². The lowest BCUT2D eigenvalue weighted by Crippen LogP contribution is -2.37. The van der Waals surface area contributed by atoms with Crippen LogP contribution in [-0.4, -0.2) is 65.0 Å². The fraction of sp³-hybridized carbons (Fsp3) is 0.500. The van der Waals surface area contributed by atoms with Gasteiger partial charge in [0.2, 0.25) is 5.91 Å². The van der Waals surface area contributed by atoms with Crippen molar-refractivity contribution < 1.29 is 9.53 Å². The van der Waals surface area contributed by atoms with Gasteiger partial charge in [-0.1, -0.05) is 18.2 Å². The number of methoxy groups -OCH3 is 1. The molecule has 1 aromatic carbocycles. The van der Waals surface area contributed by atoms with Crippen LogP contribution in [0.5, 0.6) is 0 Å². The standard InChI is InChI=1S/C20H28N4O3/c1-16-18(20(26)24(21(16)2)17-8-5-4-6-9-17)14-22-10-7-11-23(13-12-22)19(25)15-27-3/h4-6,8-9H,7,10-15H2,1-3H3. The number of carbonyl (C=O) groups excluding carboxylic acids is 1. The van der Waals surface area contributed by atoms with Crippen LogP contribution in [0.4, 0.5) is 0 Å². The molecule has 7 heteroatoms. The average Bonchev–Trinajstić information content (AvgIpc) is 2.84. The maximum absolute atomic E-state index is 13.1. The van der Waals surface area contributed by atoms with E-state index in [4.69, 9.17) is 4.74 Å². The van der Waals surface area contributed by atoms with Gasteiger partial charge in [-0.05, 0) is 25.5 Å². The summed E-state index contributed by atoms with van der Waals surface area (Å²) < 4.78 is 8.59. The highest BCUT2D eigenvalue weighted by Gasteiger charge is 2.22. The van der Waals surface area contributed by atoms with Crippen LogP contribution < -0.4 is 5.56 Å². The van der Waals surface area contributed by atoms with Crippen molar-refractivity contribution in [2.24, 2.45) is 7.05 Å². The van der Waals surface area contributed by atoms with Gasteiger partial charge in [0, 0.05) is 52.6 Å². The quantitative estimate of drug-likeness (QED) is 0.790. The van der Waals surface area contributed by atoms with Crippen molar-refractivity contribution in [1.82, 2.24) is 19.2 Å². The highest BCUT2D eigenvalue weighted by molar-refractivity contribution is 5.77. The first-order valence-corrected chi connectivity index (χ1v) is 9.35. The van der Waals surface area contributed by atoms with Gasteiger partial charge in [0.15, 0.2) is 0 Å². The van der Waals surface area contributed by atoms with E-state index in [1.807, 2.05) is 53.9 Å². The van der Waals surface area contributed by atoms with Gasteiger partial charge in [-0.15, -0.1) is 0 Å². The fourth-order valence-electron chi connectivity index (χ4n) is 3.62. The first-order chi connectivity index (χ1) is 13.0. The predicted molar refractivity (Wildman–Crippen MR) is 104 cm³/mol. The third-order valence-electron chi connectivity index (χ3n) is 5.26. The second-order valence-electron chi connectivity index (χ2n) is 6.98. The molecule has 0 N–H and O–H groups in total. The third-order valence-corrected chi connectivity index (χ3v) is 5.26. The van der Waals surface area contributed by atoms with Crippen LogP contribution in [0, 0.1) is 6.92 Å². The maximum atomic E-state index is 13.1. The minimum absolute atomic E-state index is 0.0257. The van der Waals surface area contributed by atoms with E-state index in [2.05, 4.69) is 4.90 Å². The summed E-state index contributed by atoms with van der Waals surface area (Å²) in [5, 5.41) is 0. The number of para-hydroxylation sites is 1. The average molecular weight is 372 g/mol. The summed E-state index contributed by atoms with van der Waals surface area (Å²) in [5.41, 5.74) is 2.68. The number of hydrogen-bond acceptors (Lipinski definition) is 4. The second-order valence-corrected chi connectivity index (χ2v) is 6.98. The summed E-state index contributed by atoms with van der Waals surface area (Å²) in [5.74, 6) is 0.0293. The van der Waals surface area contributed by atoms with Crippen molar-refractivity contribution in [2.45, 2.75) is 19.9 Å². The maximum Gasteiger partial charge on any atom is 0.276 e. The molecule has 146 valence electrons. The lowest BCUT2D eigenvalue weighted by Gasteiger charge is -2.21. The Morgan fingerprint density at radius 1 is 1.11 bits per heavy atom. The molecule has 3 rings (SSSR count). The van der Waals surface area contributed by atoms with Crippen LogP contribution in [0.25, 0.3) is 5.69 Å². The van der Waals surface area contributed by atoms with Gasteiger partial charge in [0.05, 0.1) is 11.3 Å². The van der Waals surface area contributed by atoms with Crippen LogP contribution in [-0.2, 0) is 23.1 Å². The zero-order chi connectivity index (χ0) is 19.4. The Hall–Kier alpha value is -2.38. The van der Waals surface area contributed by atoms with Crippen molar-refractivity contribution in [1.29, 1.82) is 0 Å². The molecule has 1 saturated heterocycles. The van der Waals surface area contributed by atoms with Crippen LogP contribution in [0.15, 0.2) is 35.1 Å². The summed E-state index contributed by atoms with van der Waals surface area (Å²) in [4.78, 5) is 29.2. The van der Waals surface area contributed by atoms with Crippen molar-refractivity contribution in [3.63, 3.8) is 0 Å². The predicted octanol–water partition coefficient (Wildman–Crippen LogP) is 1.17. The van der Waals surface area contributed by atoms with E-state index in [1.54, 1.807) is 4.68 Å². The molecule has 1 aromatic heterocycles. The third kappa shape index (κ3) is 4.14. The number of hydrogen-bond donors (Lipinski definition) is 0. The largest absolute Gasteiger partial charge is 0.375 e. The number of amides is 1. The zero-order valence-electron chi connectivity index (χ0n) is 16.4. The molecule has 1 fully saturated rings. The minimum atomic E-state index is 0.0257. The molecule has 0 aliphatic carbocycles. The lowest BCUT2D eigenvalue weighted by atomic mass is 10.2. The first-order valence-electron chi connectivity index (χ1n) is 9.35. The van der Waals surface area contributed by atoms with Crippen molar-refractivity contribution >= 4 is 5.91 Å². The summed E-state index contributed by atoms with van der Waals surface area (Å²) >= 11 is 0. The highest BCUT2D eigenvalue weighted by Crippen LogP contribution is 2.13. The van der Waals surface area contributed by atoms with E-state index in [0.717, 1.165) is 43.0 Å². The van der Waals surface area contributed by atoms with Gasteiger partial charge >= 0.3 is 0 Å². The molecular formula is C20H28N4O3. The molecule has 1 aliphatic rings.